The molecule has 1 aliphatic heterocycles. The van der Waals surface area contributed by atoms with E-state index in [4.69, 9.17) is 0 Å². The number of hydrogen-bond donors (Lipinski definition) is 2. The van der Waals surface area contributed by atoms with Crippen LogP contribution in [0.2, 0.25) is 0 Å². The molecule has 2 aromatic carbocycles. The Balaban J connectivity index is 1.60. The lowest BCUT2D eigenvalue weighted by Gasteiger charge is -2.10. The van der Waals surface area contributed by atoms with Gasteiger partial charge in [-0.3, -0.25) is 4.79 Å². The van der Waals surface area contributed by atoms with Gasteiger partial charge in [0, 0.05) is 17.4 Å². The predicted molar refractivity (Wildman–Crippen MR) is 80.9 cm³/mol. The Bertz CT molecular complexity index is 796. The van der Waals surface area contributed by atoms with Crippen molar-refractivity contribution in [2.75, 3.05) is 17.2 Å². The first kappa shape index (κ1) is 16.0. The molecule has 0 unspecified atom stereocenters. The molecule has 0 fully saturated rings. The molecule has 0 saturated heterocycles. The van der Waals surface area contributed by atoms with Gasteiger partial charge in [0.1, 0.15) is 5.82 Å². The minimum absolute atomic E-state index is 0.0783. The first-order valence-electron chi connectivity index (χ1n) is 7.02. The SMILES string of the molecule is Cc1ccc(F)cc1NC(=O)CNc1ccc2c(c1)OC(F)(F)O2. The number of halogens is 3. The predicted octanol–water partition coefficient (Wildman–Crippen LogP) is 3.51. The Kier molecular flexibility index (Phi) is 3.96. The number of carbonyl (C=O) groups excluding carboxylic acids is 1. The van der Waals surface area contributed by atoms with Gasteiger partial charge in [-0.15, -0.1) is 8.78 Å². The molecular weight excluding hydrogens is 325 g/mol. The summed E-state index contributed by atoms with van der Waals surface area (Å²) in [6, 6.07) is 8.16. The number of amides is 1. The Morgan fingerprint density at radius 1 is 1.12 bits per heavy atom. The van der Waals surface area contributed by atoms with Crippen molar-refractivity contribution in [1.29, 1.82) is 0 Å². The minimum atomic E-state index is -3.69. The van der Waals surface area contributed by atoms with Crippen LogP contribution in [0.15, 0.2) is 36.4 Å². The number of anilines is 2. The van der Waals surface area contributed by atoms with Crippen molar-refractivity contribution >= 4 is 17.3 Å². The van der Waals surface area contributed by atoms with Gasteiger partial charge in [0.05, 0.1) is 6.54 Å². The average Bonchev–Trinajstić information content (AvgIpc) is 2.82. The lowest BCUT2D eigenvalue weighted by Crippen LogP contribution is -2.25. The number of ether oxygens (including phenoxy) is 2. The fourth-order valence-electron chi connectivity index (χ4n) is 2.16. The molecular formula is C16H13F3N2O3. The summed E-state index contributed by atoms with van der Waals surface area (Å²) in [7, 11) is 0. The van der Waals surface area contributed by atoms with Crippen molar-refractivity contribution in [2.45, 2.75) is 13.2 Å². The van der Waals surface area contributed by atoms with Crippen LogP contribution in [0.1, 0.15) is 5.56 Å². The fraction of sp³-hybridized carbons (Fsp3) is 0.188. The second-order valence-electron chi connectivity index (χ2n) is 5.19. The van der Waals surface area contributed by atoms with Gasteiger partial charge in [0.2, 0.25) is 5.91 Å². The third-order valence-electron chi connectivity index (χ3n) is 3.33. The van der Waals surface area contributed by atoms with Crippen LogP contribution in [0.25, 0.3) is 0 Å². The Labute approximate surface area is 135 Å². The highest BCUT2D eigenvalue weighted by Gasteiger charge is 2.43. The van der Waals surface area contributed by atoms with Crippen molar-refractivity contribution in [3.63, 3.8) is 0 Å². The van der Waals surface area contributed by atoms with E-state index >= 15 is 0 Å². The Hall–Kier alpha value is -2.90. The van der Waals surface area contributed by atoms with E-state index in [2.05, 4.69) is 20.1 Å². The fourth-order valence-corrected chi connectivity index (χ4v) is 2.16. The quantitative estimate of drug-likeness (QED) is 0.896. The van der Waals surface area contributed by atoms with Gasteiger partial charge in [-0.25, -0.2) is 4.39 Å². The Morgan fingerprint density at radius 3 is 2.67 bits per heavy atom. The molecule has 2 aromatic rings. The van der Waals surface area contributed by atoms with Crippen LogP contribution in [-0.4, -0.2) is 18.7 Å². The molecule has 0 atom stereocenters. The maximum atomic E-state index is 13.2. The molecule has 3 rings (SSSR count). The smallest absolute Gasteiger partial charge is 0.395 e. The molecule has 24 heavy (non-hydrogen) atoms. The zero-order valence-electron chi connectivity index (χ0n) is 12.5. The van der Waals surface area contributed by atoms with E-state index in [-0.39, 0.29) is 18.0 Å². The normalized spacial score (nSPS) is 14.3. The topological polar surface area (TPSA) is 59.6 Å². The van der Waals surface area contributed by atoms with E-state index < -0.39 is 18.0 Å². The molecule has 0 aliphatic carbocycles. The third-order valence-corrected chi connectivity index (χ3v) is 3.33. The standard InChI is InChI=1S/C16H13F3N2O3/c1-9-2-3-10(17)6-12(9)21-15(22)8-20-11-4-5-13-14(7-11)24-16(18,19)23-13/h2-7,20H,8H2,1H3,(H,21,22). The van der Waals surface area contributed by atoms with Gasteiger partial charge >= 0.3 is 6.29 Å². The zero-order valence-corrected chi connectivity index (χ0v) is 12.5. The third kappa shape index (κ3) is 3.53. The zero-order chi connectivity index (χ0) is 17.3. The number of fused-ring (bicyclic) bond motifs is 1. The van der Waals surface area contributed by atoms with Gasteiger partial charge in [-0.2, -0.15) is 0 Å². The summed E-state index contributed by atoms with van der Waals surface area (Å²) in [6.45, 7) is 1.60. The van der Waals surface area contributed by atoms with Crippen molar-refractivity contribution in [3.8, 4) is 11.5 Å². The number of nitrogens with one attached hydrogen (secondary N) is 2. The first-order valence-corrected chi connectivity index (χ1v) is 7.02. The van der Waals surface area contributed by atoms with Crippen molar-refractivity contribution in [3.05, 3.63) is 47.8 Å². The molecule has 0 radical (unpaired) electrons. The molecule has 0 bridgehead atoms. The number of carbonyl (C=O) groups is 1. The summed E-state index contributed by atoms with van der Waals surface area (Å²) < 4.78 is 47.7. The van der Waals surface area contributed by atoms with Crippen molar-refractivity contribution in [1.82, 2.24) is 0 Å². The number of alkyl halides is 2. The molecule has 1 amide bonds. The van der Waals surface area contributed by atoms with Crippen LogP contribution in [0.3, 0.4) is 0 Å². The number of rotatable bonds is 4. The second kappa shape index (κ2) is 5.95. The van der Waals surface area contributed by atoms with Crippen molar-refractivity contribution in [2.24, 2.45) is 0 Å². The molecule has 0 saturated carbocycles. The van der Waals surface area contributed by atoms with E-state index in [0.717, 1.165) is 5.56 Å². The number of aryl methyl sites for hydroxylation is 1. The van der Waals surface area contributed by atoms with Crippen LogP contribution in [0, 0.1) is 12.7 Å². The lowest BCUT2D eigenvalue weighted by molar-refractivity contribution is -0.286. The van der Waals surface area contributed by atoms with Crippen LogP contribution in [0.4, 0.5) is 24.5 Å². The maximum absolute atomic E-state index is 13.2. The molecule has 1 aliphatic rings. The highest BCUT2D eigenvalue weighted by atomic mass is 19.3. The molecule has 1 heterocycles. The molecule has 0 spiro atoms. The average molecular weight is 338 g/mol. The summed E-state index contributed by atoms with van der Waals surface area (Å²) >= 11 is 0. The maximum Gasteiger partial charge on any atom is 0.586 e. The molecule has 8 heteroatoms. The second-order valence-corrected chi connectivity index (χ2v) is 5.19. The molecule has 2 N–H and O–H groups in total. The van der Waals surface area contributed by atoms with Gasteiger partial charge in [-0.1, -0.05) is 6.07 Å². The van der Waals surface area contributed by atoms with Crippen LogP contribution >= 0.6 is 0 Å². The molecule has 126 valence electrons. The molecule has 5 nitrogen and oxygen atoms in total. The van der Waals surface area contributed by atoms with Crippen molar-refractivity contribution < 1.29 is 27.4 Å². The van der Waals surface area contributed by atoms with Crippen LogP contribution < -0.4 is 20.1 Å². The minimum Gasteiger partial charge on any atom is -0.395 e. The summed E-state index contributed by atoms with van der Waals surface area (Å²) in [6.07, 6.45) is -3.69. The number of benzene rings is 2. The highest BCUT2D eigenvalue weighted by molar-refractivity contribution is 5.94. The summed E-state index contributed by atoms with van der Waals surface area (Å²) in [4.78, 5) is 11.9. The van der Waals surface area contributed by atoms with Gasteiger partial charge in [0.25, 0.3) is 0 Å². The Morgan fingerprint density at radius 2 is 1.88 bits per heavy atom. The van der Waals surface area contributed by atoms with Gasteiger partial charge < -0.3 is 20.1 Å². The van der Waals surface area contributed by atoms with E-state index in [1.807, 2.05) is 0 Å². The largest absolute Gasteiger partial charge is 0.586 e. The van der Waals surface area contributed by atoms with E-state index in [1.165, 1.54) is 30.3 Å². The van der Waals surface area contributed by atoms with E-state index in [9.17, 15) is 18.0 Å². The highest BCUT2D eigenvalue weighted by Crippen LogP contribution is 2.42. The molecule has 0 aromatic heterocycles. The van der Waals surface area contributed by atoms with E-state index in [1.54, 1.807) is 13.0 Å². The first-order chi connectivity index (χ1) is 11.3. The monoisotopic (exact) mass is 338 g/mol. The summed E-state index contributed by atoms with van der Waals surface area (Å²) in [5.41, 5.74) is 1.49. The summed E-state index contributed by atoms with van der Waals surface area (Å²) in [5, 5.41) is 5.34. The van der Waals surface area contributed by atoms with Crippen LogP contribution in [-0.2, 0) is 4.79 Å². The van der Waals surface area contributed by atoms with Crippen LogP contribution in [0.5, 0.6) is 11.5 Å². The summed E-state index contributed by atoms with van der Waals surface area (Å²) in [5.74, 6) is -1.07. The number of hydrogen-bond acceptors (Lipinski definition) is 4. The van der Waals surface area contributed by atoms with Gasteiger partial charge in [-0.05, 0) is 36.8 Å². The van der Waals surface area contributed by atoms with E-state index in [0.29, 0.717) is 11.4 Å². The lowest BCUT2D eigenvalue weighted by atomic mass is 10.2. The van der Waals surface area contributed by atoms with Gasteiger partial charge in [0.15, 0.2) is 11.5 Å².